The second kappa shape index (κ2) is 35.1. The molecule has 2 aromatic heterocycles. The topological polar surface area (TPSA) is 179 Å². The van der Waals surface area contributed by atoms with Gasteiger partial charge in [0.15, 0.2) is 0 Å². The minimum Gasteiger partial charge on any atom is -0.467 e. The molecule has 0 bridgehead atoms. The van der Waals surface area contributed by atoms with Crippen LogP contribution in [-0.4, -0.2) is 96.6 Å². The Morgan fingerprint density at radius 3 is 0.785 bits per heavy atom. The van der Waals surface area contributed by atoms with Gasteiger partial charge in [-0.2, -0.15) is 0 Å². The maximum atomic E-state index is 14.4. The van der Waals surface area contributed by atoms with E-state index in [0.717, 1.165) is 67.8 Å². The van der Waals surface area contributed by atoms with E-state index in [1.807, 2.05) is 48.5 Å². The molecule has 0 saturated carbocycles. The molecular formula is C101H118F3N5O12. The van der Waals surface area contributed by atoms with Gasteiger partial charge in [-0.25, -0.2) is 13.2 Å². The summed E-state index contributed by atoms with van der Waals surface area (Å²) in [6.07, 6.45) is 2.11. The molecule has 12 heterocycles. The molecule has 0 amide bonds. The summed E-state index contributed by atoms with van der Waals surface area (Å²) in [6, 6.07) is 60.1. The van der Waals surface area contributed by atoms with Gasteiger partial charge < -0.3 is 82.8 Å². The first-order chi connectivity index (χ1) is 57.9. The Morgan fingerprint density at radius 2 is 0.512 bits per heavy atom. The Bertz CT molecular complexity index is 4960. The van der Waals surface area contributed by atoms with Crippen molar-refractivity contribution in [3.8, 4) is 0 Å². The molecular weight excluding hydrogens is 1530 g/mol. The predicted octanol–water partition coefficient (Wildman–Crippen LogP) is 22.6. The molecule has 8 aromatic carbocycles. The van der Waals surface area contributed by atoms with Gasteiger partial charge in [0.05, 0.1) is 96.7 Å². The second-order valence-corrected chi connectivity index (χ2v) is 38.2. The molecule has 0 aliphatic carbocycles. The van der Waals surface area contributed by atoms with Gasteiger partial charge in [-0.1, -0.05) is 207 Å². The van der Waals surface area contributed by atoms with Crippen molar-refractivity contribution in [3.63, 3.8) is 0 Å². The Kier molecular flexibility index (Phi) is 24.8. The third-order valence-corrected chi connectivity index (χ3v) is 24.6. The lowest BCUT2D eigenvalue weighted by atomic mass is 9.82. The number of nitrogens with one attached hydrogen (secondary N) is 5. The van der Waals surface area contributed by atoms with Crippen molar-refractivity contribution in [2.24, 2.45) is 0 Å². The first-order valence-electron chi connectivity index (χ1n) is 42.9. The van der Waals surface area contributed by atoms with Crippen LogP contribution in [0, 0.1) is 17.5 Å². The van der Waals surface area contributed by atoms with E-state index < -0.39 is 0 Å². The van der Waals surface area contributed by atoms with Crippen LogP contribution in [0.2, 0.25) is 0 Å². The number of anilines is 5. The minimum absolute atomic E-state index is 0.0247. The molecule has 20 rings (SSSR count). The highest BCUT2D eigenvalue weighted by atomic mass is 19.1. The van der Waals surface area contributed by atoms with Crippen LogP contribution in [0.1, 0.15) is 248 Å². The average Bonchev–Trinajstić information content (AvgIpc) is 1.42. The fourth-order valence-corrected chi connectivity index (χ4v) is 18.0. The number of benzene rings is 8. The van der Waals surface area contributed by atoms with Gasteiger partial charge in [0.2, 0.25) is 0 Å². The van der Waals surface area contributed by atoms with Gasteiger partial charge in [0, 0.05) is 61.8 Å². The van der Waals surface area contributed by atoms with E-state index in [2.05, 4.69) is 221 Å². The van der Waals surface area contributed by atoms with Gasteiger partial charge in [0.25, 0.3) is 0 Å². The van der Waals surface area contributed by atoms with E-state index in [-0.39, 0.29) is 136 Å². The molecule has 10 aliphatic rings. The summed E-state index contributed by atoms with van der Waals surface area (Å²) >= 11 is 0. The molecule has 17 nitrogen and oxygen atoms in total. The van der Waals surface area contributed by atoms with Crippen LogP contribution < -0.4 is 26.6 Å². The monoisotopic (exact) mass is 1650 g/mol. The van der Waals surface area contributed by atoms with E-state index in [0.29, 0.717) is 71.6 Å². The van der Waals surface area contributed by atoms with Gasteiger partial charge in [0.1, 0.15) is 102 Å². The Morgan fingerprint density at radius 1 is 0.248 bits per heavy atom. The van der Waals surface area contributed by atoms with Crippen molar-refractivity contribution in [2.45, 2.75) is 222 Å². The standard InChI is InChI=1S/3C21H24FNO2.2C19H23NO3/c2*1-21(2,3)14-7-8-17-16(12-14)19-20(25-10-9-24-19)18(23-17)13-5-4-6-15(22)11-13;1-21(2,3)13-8-9-17-15(12-13)19-20(25-11-10-24-19)18(23-17)14-6-4-5-7-16(14)22;2*1-19(2,3)12-6-7-14-13(11-12)17-18(23-10-9-22-17)16(20-14)15-5-4-8-21-15/h2*4-8,11-12,18-20,23H,9-10H2,1-3H3;4-9,12,18-20,23H,10-11H2,1-3H3;2*4-8,11,16-18,20H,9-10H2,1-3H3/t18-,19+,20-;;18-,19+,20-;16-,17+,18-;/m1.10./s1. The lowest BCUT2D eigenvalue weighted by Gasteiger charge is -2.43. The van der Waals surface area contributed by atoms with Crippen molar-refractivity contribution in [2.75, 3.05) is 92.7 Å². The number of ether oxygens (including phenoxy) is 10. The number of fused-ring (bicyclic) bond motifs is 15. The van der Waals surface area contributed by atoms with Crippen LogP contribution >= 0.6 is 0 Å². The van der Waals surface area contributed by atoms with Crippen molar-refractivity contribution < 1.29 is 69.4 Å². The van der Waals surface area contributed by atoms with E-state index in [4.69, 9.17) is 56.2 Å². The zero-order chi connectivity index (χ0) is 84.9. The lowest BCUT2D eigenvalue weighted by molar-refractivity contribution is -0.152. The second-order valence-electron chi connectivity index (χ2n) is 38.2. The smallest absolute Gasteiger partial charge is 0.128 e. The molecule has 121 heavy (non-hydrogen) atoms. The normalized spacial score (nSPS) is 26.2. The maximum Gasteiger partial charge on any atom is 0.128 e. The highest BCUT2D eigenvalue weighted by Crippen LogP contribution is 2.52. The van der Waals surface area contributed by atoms with Gasteiger partial charge in [-0.15, -0.1) is 0 Å². The van der Waals surface area contributed by atoms with E-state index >= 15 is 0 Å². The number of hydrogen-bond donors (Lipinski definition) is 5. The van der Waals surface area contributed by atoms with Crippen LogP contribution in [0.4, 0.5) is 41.6 Å². The van der Waals surface area contributed by atoms with Crippen LogP contribution in [-0.2, 0) is 74.4 Å². The summed E-state index contributed by atoms with van der Waals surface area (Å²) < 4.78 is 114. The van der Waals surface area contributed by atoms with Crippen LogP contribution in [0.15, 0.2) is 209 Å². The van der Waals surface area contributed by atoms with Gasteiger partial charge >= 0.3 is 0 Å². The molecule has 0 radical (unpaired) electrons. The summed E-state index contributed by atoms with van der Waals surface area (Å²) in [6.45, 7) is 39.1. The number of rotatable bonds is 5. The highest BCUT2D eigenvalue weighted by Gasteiger charge is 2.48. The molecule has 6 unspecified atom stereocenters. The zero-order valence-corrected chi connectivity index (χ0v) is 72.3. The largest absolute Gasteiger partial charge is 0.467 e. The average molecular weight is 1650 g/mol. The summed E-state index contributed by atoms with van der Waals surface area (Å²) in [5, 5.41) is 17.7. The summed E-state index contributed by atoms with van der Waals surface area (Å²) in [5.41, 5.74) is 20.2. The zero-order valence-electron chi connectivity index (χ0n) is 72.3. The molecule has 5 saturated heterocycles. The predicted molar refractivity (Wildman–Crippen MR) is 466 cm³/mol. The minimum atomic E-state index is -0.264. The van der Waals surface area contributed by atoms with Crippen LogP contribution in [0.3, 0.4) is 0 Å². The Labute approximate surface area is 710 Å². The quantitative estimate of drug-likeness (QED) is 0.110. The SMILES string of the molecule is CC(C)(C)c1ccc2c(c1)C1OCCOC1C(c1cccc(F)c1)N2.CC(C)(C)c1ccc2c(c1)C1OCCOC1C(c1ccco1)N2.CC(C)(C)c1ccc2c(c1)[C@@H]1OCCO[C@@H]1[C@@H](c1cccc(F)c1)N2.CC(C)(C)c1ccc2c(c1)[C@@H]1OCCO[C@@H]1[C@@H](c1ccccc1F)N2.CC(C)(C)c1ccc2c(c1)[C@H]1OCCO[C@H]1[C@H](c1ccco1)N2. The first-order valence-corrected chi connectivity index (χ1v) is 42.9. The molecule has 5 fully saturated rings. The molecule has 15 atom stereocenters. The number of hydrogen-bond acceptors (Lipinski definition) is 17. The van der Waals surface area contributed by atoms with Crippen LogP contribution in [0.25, 0.3) is 0 Å². The van der Waals surface area contributed by atoms with E-state index in [9.17, 15) is 13.2 Å². The molecule has 0 spiro atoms. The van der Waals surface area contributed by atoms with Gasteiger partial charge in [-0.3, -0.25) is 0 Å². The summed E-state index contributed by atoms with van der Waals surface area (Å²) in [5.74, 6) is 1.08. The van der Waals surface area contributed by atoms with Crippen molar-refractivity contribution >= 4 is 28.4 Å². The highest BCUT2D eigenvalue weighted by molar-refractivity contribution is 5.64. The van der Waals surface area contributed by atoms with E-state index in [1.54, 1.807) is 42.9 Å². The fourth-order valence-electron chi connectivity index (χ4n) is 18.0. The maximum absolute atomic E-state index is 14.4. The lowest BCUT2D eigenvalue weighted by Crippen LogP contribution is -2.43. The fraction of sp³-hybridized carbons (Fsp3) is 0.446. The van der Waals surface area contributed by atoms with Crippen molar-refractivity contribution in [3.05, 3.63) is 302 Å². The Balaban J connectivity index is 0.000000112. The number of furan rings is 2. The summed E-state index contributed by atoms with van der Waals surface area (Å²) in [7, 11) is 0. The summed E-state index contributed by atoms with van der Waals surface area (Å²) in [4.78, 5) is 0. The molecule has 20 heteroatoms. The van der Waals surface area contributed by atoms with Crippen molar-refractivity contribution in [1.82, 2.24) is 0 Å². The molecule has 640 valence electrons. The Hall–Kier alpha value is -9.29. The molecule has 10 aromatic rings. The number of halogens is 3. The van der Waals surface area contributed by atoms with Crippen molar-refractivity contribution in [1.29, 1.82) is 0 Å². The third-order valence-electron chi connectivity index (χ3n) is 24.6. The molecule has 5 N–H and O–H groups in total. The van der Waals surface area contributed by atoms with Crippen LogP contribution in [0.5, 0.6) is 0 Å². The first kappa shape index (κ1) is 85.3. The molecule has 10 aliphatic heterocycles. The van der Waals surface area contributed by atoms with E-state index in [1.165, 1.54) is 57.1 Å². The third kappa shape index (κ3) is 18.5. The van der Waals surface area contributed by atoms with Gasteiger partial charge in [-0.05, 0) is 151 Å².